The van der Waals surface area contributed by atoms with Crippen LogP contribution in [-0.4, -0.2) is 93.1 Å². The number of aromatic nitrogens is 3. The van der Waals surface area contributed by atoms with Crippen molar-refractivity contribution < 1.29 is 32.2 Å². The Morgan fingerprint density at radius 2 is 1.88 bits per heavy atom. The molecule has 1 aliphatic carbocycles. The van der Waals surface area contributed by atoms with Gasteiger partial charge in [-0.2, -0.15) is 9.97 Å². The number of phenols is 1. The lowest BCUT2D eigenvalue weighted by molar-refractivity contribution is -0.130. The number of hydrogen-bond donors (Lipinski definition) is 1. The van der Waals surface area contributed by atoms with Crippen LogP contribution in [-0.2, 0) is 4.79 Å². The molecule has 4 aromatic rings. The van der Waals surface area contributed by atoms with Gasteiger partial charge in [-0.15, -0.1) is 6.42 Å². The van der Waals surface area contributed by atoms with Gasteiger partial charge in [0.05, 0.1) is 22.0 Å². The molecule has 4 heterocycles. The topological polar surface area (TPSA) is 94.9 Å². The van der Waals surface area contributed by atoms with E-state index in [-0.39, 0.29) is 75.8 Å². The average Bonchev–Trinajstić information content (AvgIpc) is 3.78. The molecule has 1 saturated carbocycles. The Balaban J connectivity index is 1.38. The smallest absolute Gasteiger partial charge is 0.319 e. The van der Waals surface area contributed by atoms with E-state index in [0.717, 1.165) is 44.8 Å². The molecular formula is C38H38F4N6O3. The minimum atomic E-state index is -3.00. The molecule has 2 aliphatic heterocycles. The van der Waals surface area contributed by atoms with E-state index >= 15 is 4.39 Å². The summed E-state index contributed by atoms with van der Waals surface area (Å²) in [7, 11) is 3.10. The van der Waals surface area contributed by atoms with Gasteiger partial charge in [-0.1, -0.05) is 18.6 Å². The Morgan fingerprint density at radius 1 is 1.14 bits per heavy atom. The maximum atomic E-state index is 17.0. The van der Waals surface area contributed by atoms with E-state index in [0.29, 0.717) is 5.39 Å². The minimum absolute atomic E-state index is 0.0144. The number of halogens is 4. The number of aromatic hydroxyl groups is 1. The molecule has 2 aromatic heterocycles. The number of anilines is 1. The fraction of sp³-hybridized carbons (Fsp3) is 0.421. The number of ether oxygens (including phenoxy) is 1. The van der Waals surface area contributed by atoms with Crippen LogP contribution < -0.4 is 9.64 Å². The van der Waals surface area contributed by atoms with Gasteiger partial charge in [0.1, 0.15) is 35.2 Å². The van der Waals surface area contributed by atoms with E-state index in [4.69, 9.17) is 16.1 Å². The lowest BCUT2D eigenvalue weighted by Gasteiger charge is -2.41. The predicted octanol–water partition coefficient (Wildman–Crippen LogP) is 6.46. The van der Waals surface area contributed by atoms with Gasteiger partial charge in [0, 0.05) is 50.6 Å². The van der Waals surface area contributed by atoms with Crippen molar-refractivity contribution in [2.24, 2.45) is 0 Å². The second kappa shape index (κ2) is 12.7. The van der Waals surface area contributed by atoms with Gasteiger partial charge in [-0.3, -0.25) is 14.7 Å². The van der Waals surface area contributed by atoms with Crippen LogP contribution in [0.4, 0.5) is 23.4 Å². The molecule has 1 atom stereocenters. The Bertz CT molecular complexity index is 2110. The zero-order valence-corrected chi connectivity index (χ0v) is 28.5. The SMILES string of the molecule is C#Cc1c(F)ccc2cc(O)cc(-c3ncc4c(N(C)CC5(N(C)C(=O)C=C)CCC(F)(F)C5)nc(OCC56CCCN5CCC6)nc4c3F)c12. The van der Waals surface area contributed by atoms with Crippen LogP contribution in [0.25, 0.3) is 32.9 Å². The molecule has 0 bridgehead atoms. The van der Waals surface area contributed by atoms with Crippen LogP contribution in [0.3, 0.4) is 0 Å². The number of alkyl halides is 2. The zero-order chi connectivity index (χ0) is 36.3. The molecule has 2 saturated heterocycles. The number of hydrogen-bond acceptors (Lipinski definition) is 8. The standard InChI is InChI=1S/C38H38F4N6O3/c1-5-25-28(39)10-9-23-17-24(49)18-26(30(23)25)32-31(40)33-27(19-43-32)34(45-35(44-33)51-22-36-11-7-15-48(36)16-8-12-36)46(3)21-37(47(4)29(50)6-2)13-14-38(41,42)20-37/h1,6,9-10,17-19,49H,2,7-8,11-16,20-22H2,3-4H3. The Labute approximate surface area is 292 Å². The summed E-state index contributed by atoms with van der Waals surface area (Å²) in [5.41, 5.74) is -1.98. The van der Waals surface area contributed by atoms with Crippen molar-refractivity contribution in [2.45, 2.75) is 61.9 Å². The Kier molecular flexibility index (Phi) is 8.57. The number of benzene rings is 2. The lowest BCUT2D eigenvalue weighted by atomic mass is 9.94. The molecule has 1 amide bonds. The number of amides is 1. The van der Waals surface area contributed by atoms with Gasteiger partial charge in [0.2, 0.25) is 5.91 Å². The summed E-state index contributed by atoms with van der Waals surface area (Å²) >= 11 is 0. The number of carbonyl (C=O) groups excluding carboxylic acids is 1. The van der Waals surface area contributed by atoms with Gasteiger partial charge in [0.25, 0.3) is 5.92 Å². The Hall–Kier alpha value is -4.96. The van der Waals surface area contributed by atoms with E-state index in [1.807, 2.05) is 0 Å². The highest BCUT2D eigenvalue weighted by Crippen LogP contribution is 2.46. The fourth-order valence-corrected chi connectivity index (χ4v) is 8.47. The van der Waals surface area contributed by atoms with Crippen LogP contribution in [0.1, 0.15) is 50.5 Å². The number of rotatable bonds is 9. The zero-order valence-electron chi connectivity index (χ0n) is 28.5. The second-order valence-corrected chi connectivity index (χ2v) is 14.1. The van der Waals surface area contributed by atoms with E-state index < -0.39 is 41.8 Å². The molecule has 3 aliphatic rings. The van der Waals surface area contributed by atoms with E-state index in [2.05, 4.69) is 27.4 Å². The summed E-state index contributed by atoms with van der Waals surface area (Å²) in [6.45, 7) is 5.66. The molecule has 13 heteroatoms. The average molecular weight is 703 g/mol. The molecule has 0 radical (unpaired) electrons. The molecule has 1 unspecified atom stereocenters. The third-order valence-electron chi connectivity index (χ3n) is 11.0. The molecule has 2 aromatic carbocycles. The highest BCUT2D eigenvalue weighted by molar-refractivity contribution is 6.03. The largest absolute Gasteiger partial charge is 0.508 e. The maximum absolute atomic E-state index is 17.0. The van der Waals surface area contributed by atoms with Gasteiger partial charge in [-0.25, -0.2) is 17.6 Å². The number of likely N-dealkylation sites (N-methyl/N-ethyl adjacent to an activating group) is 2. The number of fused-ring (bicyclic) bond motifs is 3. The molecule has 7 rings (SSSR count). The second-order valence-electron chi connectivity index (χ2n) is 14.1. The first-order valence-electron chi connectivity index (χ1n) is 17.0. The first-order chi connectivity index (χ1) is 24.3. The van der Waals surface area contributed by atoms with E-state index in [1.54, 1.807) is 11.9 Å². The van der Waals surface area contributed by atoms with Crippen molar-refractivity contribution in [1.29, 1.82) is 0 Å². The van der Waals surface area contributed by atoms with Crippen LogP contribution in [0.15, 0.2) is 43.1 Å². The van der Waals surface area contributed by atoms with Crippen LogP contribution in [0.2, 0.25) is 0 Å². The van der Waals surface area contributed by atoms with Crippen molar-refractivity contribution in [3.63, 3.8) is 0 Å². The third-order valence-corrected chi connectivity index (χ3v) is 11.0. The van der Waals surface area contributed by atoms with Crippen molar-refractivity contribution in [3.05, 3.63) is 60.3 Å². The highest BCUT2D eigenvalue weighted by atomic mass is 19.3. The van der Waals surface area contributed by atoms with Gasteiger partial charge in [0.15, 0.2) is 5.82 Å². The first kappa shape index (κ1) is 34.5. The summed E-state index contributed by atoms with van der Waals surface area (Å²) in [6, 6.07) is 5.14. The minimum Gasteiger partial charge on any atom is -0.508 e. The lowest BCUT2D eigenvalue weighted by Crippen LogP contribution is -2.54. The third kappa shape index (κ3) is 5.89. The van der Waals surface area contributed by atoms with Crippen molar-refractivity contribution >= 4 is 33.4 Å². The maximum Gasteiger partial charge on any atom is 0.319 e. The summed E-state index contributed by atoms with van der Waals surface area (Å²) in [5, 5.41) is 11.3. The number of phenolic OH excluding ortho intramolecular Hbond substituents is 1. The van der Waals surface area contributed by atoms with Crippen LogP contribution >= 0.6 is 0 Å². The normalized spacial score (nSPS) is 20.7. The summed E-state index contributed by atoms with van der Waals surface area (Å²) in [6.07, 6.45) is 11.1. The molecule has 3 fully saturated rings. The highest BCUT2D eigenvalue weighted by Gasteiger charge is 2.53. The van der Waals surface area contributed by atoms with Crippen molar-refractivity contribution in [3.8, 4) is 35.4 Å². The van der Waals surface area contributed by atoms with Gasteiger partial charge in [-0.05, 0) is 74.9 Å². The van der Waals surface area contributed by atoms with E-state index in [9.17, 15) is 23.1 Å². The molecule has 1 N–H and O–H groups in total. The van der Waals surface area contributed by atoms with E-state index in [1.165, 1.54) is 42.4 Å². The van der Waals surface area contributed by atoms with Crippen molar-refractivity contribution in [2.75, 3.05) is 45.2 Å². The van der Waals surface area contributed by atoms with Gasteiger partial charge < -0.3 is 19.6 Å². The van der Waals surface area contributed by atoms with Crippen molar-refractivity contribution in [1.82, 2.24) is 24.8 Å². The number of nitrogens with zero attached hydrogens (tertiary/aromatic N) is 6. The monoisotopic (exact) mass is 702 g/mol. The van der Waals surface area contributed by atoms with Crippen LogP contribution in [0.5, 0.6) is 11.8 Å². The quantitative estimate of drug-likeness (QED) is 0.121. The predicted molar refractivity (Wildman–Crippen MR) is 186 cm³/mol. The summed E-state index contributed by atoms with van der Waals surface area (Å²) in [4.78, 5) is 31.7. The number of pyridine rings is 1. The molecule has 9 nitrogen and oxygen atoms in total. The Morgan fingerprint density at radius 3 is 2.55 bits per heavy atom. The summed E-state index contributed by atoms with van der Waals surface area (Å²) in [5.74, 6) is -2.84. The number of terminal acetylenes is 1. The van der Waals surface area contributed by atoms with Gasteiger partial charge >= 0.3 is 6.01 Å². The van der Waals surface area contributed by atoms with Crippen LogP contribution in [0, 0.1) is 24.0 Å². The molecular weight excluding hydrogens is 664 g/mol. The molecule has 266 valence electrons. The number of carbonyl (C=O) groups is 1. The molecule has 51 heavy (non-hydrogen) atoms. The fourth-order valence-electron chi connectivity index (χ4n) is 8.47. The molecule has 0 spiro atoms. The first-order valence-corrected chi connectivity index (χ1v) is 17.0. The summed E-state index contributed by atoms with van der Waals surface area (Å²) < 4.78 is 67.8.